The molecule has 0 unspecified atom stereocenters. The van der Waals surface area contributed by atoms with Gasteiger partial charge in [-0.15, -0.1) is 0 Å². The Balaban J connectivity index is 1.83. The van der Waals surface area contributed by atoms with Gasteiger partial charge in [0.1, 0.15) is 5.75 Å². The van der Waals surface area contributed by atoms with Crippen LogP contribution in [0.25, 0.3) is 0 Å². The third kappa shape index (κ3) is 3.46. The fraction of sp³-hybridized carbons (Fsp3) is 0.462. The van der Waals surface area contributed by atoms with Crippen LogP contribution in [0.15, 0.2) is 22.7 Å². The average Bonchev–Trinajstić information content (AvgIpc) is 2.81. The summed E-state index contributed by atoms with van der Waals surface area (Å²) >= 11 is 3.24. The highest BCUT2D eigenvalue weighted by molar-refractivity contribution is 9.10. The second-order valence-corrected chi connectivity index (χ2v) is 5.41. The fourth-order valence-corrected chi connectivity index (χ4v) is 2.50. The maximum absolute atomic E-state index is 11.8. The number of phenolic OH excluding ortho intramolecular Hbond substituents is 1. The Kier molecular flexibility index (Phi) is 4.60. The van der Waals surface area contributed by atoms with Gasteiger partial charge in [0, 0.05) is 17.1 Å². The zero-order valence-electron chi connectivity index (χ0n) is 10.1. The topological polar surface area (TPSA) is 61.4 Å². The van der Waals surface area contributed by atoms with Crippen molar-refractivity contribution in [3.05, 3.63) is 28.2 Å². The van der Waals surface area contributed by atoms with Gasteiger partial charge in [-0.1, -0.05) is 15.9 Å². The largest absolute Gasteiger partial charge is 0.507 e. The molecule has 1 aliphatic heterocycles. The predicted octanol–water partition coefficient (Wildman–Crippen LogP) is 2.03. The number of hydrogen-bond donors (Lipinski definition) is 3. The molecule has 18 heavy (non-hydrogen) atoms. The van der Waals surface area contributed by atoms with Crippen molar-refractivity contribution in [2.45, 2.75) is 25.3 Å². The number of benzene rings is 1. The van der Waals surface area contributed by atoms with Gasteiger partial charge in [-0.2, -0.15) is 0 Å². The molecule has 0 radical (unpaired) electrons. The summed E-state index contributed by atoms with van der Waals surface area (Å²) in [5.74, 6) is -0.223. The number of amides is 1. The molecule has 0 spiro atoms. The Morgan fingerprint density at radius 3 is 3.06 bits per heavy atom. The number of nitrogens with one attached hydrogen (secondary N) is 2. The molecule has 0 aromatic heterocycles. The van der Waals surface area contributed by atoms with Gasteiger partial charge < -0.3 is 15.7 Å². The Labute approximate surface area is 115 Å². The minimum atomic E-state index is -0.224. The minimum absolute atomic E-state index is 0.000802. The number of carbonyl (C=O) groups excluding carboxylic acids is 1. The van der Waals surface area contributed by atoms with E-state index in [2.05, 4.69) is 26.6 Å². The summed E-state index contributed by atoms with van der Waals surface area (Å²) in [6.45, 7) is 1.71. The molecule has 0 bridgehead atoms. The molecule has 4 nitrogen and oxygen atoms in total. The highest BCUT2D eigenvalue weighted by atomic mass is 79.9. The lowest BCUT2D eigenvalue weighted by Gasteiger charge is -2.11. The molecule has 1 heterocycles. The van der Waals surface area contributed by atoms with Gasteiger partial charge in [-0.25, -0.2) is 0 Å². The first-order chi connectivity index (χ1) is 8.66. The van der Waals surface area contributed by atoms with Crippen LogP contribution in [0.2, 0.25) is 0 Å². The smallest absolute Gasteiger partial charge is 0.255 e. The van der Waals surface area contributed by atoms with E-state index in [1.807, 2.05) is 0 Å². The van der Waals surface area contributed by atoms with Gasteiger partial charge in [0.05, 0.1) is 5.56 Å². The third-order valence-corrected chi connectivity index (χ3v) is 3.64. The summed E-state index contributed by atoms with van der Waals surface area (Å²) < 4.78 is 0.756. The molecule has 0 saturated carbocycles. The third-order valence-electron chi connectivity index (χ3n) is 3.15. The van der Waals surface area contributed by atoms with E-state index in [-0.39, 0.29) is 11.7 Å². The van der Waals surface area contributed by atoms with Crippen molar-refractivity contribution in [1.29, 1.82) is 0 Å². The summed E-state index contributed by atoms with van der Waals surface area (Å²) in [4.78, 5) is 11.8. The molecule has 1 aliphatic rings. The zero-order chi connectivity index (χ0) is 13.0. The van der Waals surface area contributed by atoms with Crippen LogP contribution in [0.5, 0.6) is 5.75 Å². The normalized spacial score (nSPS) is 18.8. The monoisotopic (exact) mass is 312 g/mol. The van der Waals surface area contributed by atoms with Crippen molar-refractivity contribution < 1.29 is 9.90 Å². The van der Waals surface area contributed by atoms with Crippen LogP contribution in [0, 0.1) is 0 Å². The lowest BCUT2D eigenvalue weighted by Crippen LogP contribution is -2.30. The number of aromatic hydroxyl groups is 1. The van der Waals surface area contributed by atoms with E-state index < -0.39 is 0 Å². The molecule has 1 atom stereocenters. The van der Waals surface area contributed by atoms with Gasteiger partial charge >= 0.3 is 0 Å². The van der Waals surface area contributed by atoms with Gasteiger partial charge in [0.15, 0.2) is 0 Å². The Hall–Kier alpha value is -1.07. The first-order valence-electron chi connectivity index (χ1n) is 6.17. The van der Waals surface area contributed by atoms with Crippen molar-refractivity contribution in [2.24, 2.45) is 0 Å². The molecule has 1 amide bonds. The zero-order valence-corrected chi connectivity index (χ0v) is 11.7. The lowest BCUT2D eigenvalue weighted by atomic mass is 10.1. The summed E-state index contributed by atoms with van der Waals surface area (Å²) in [7, 11) is 0. The molecule has 0 aliphatic carbocycles. The van der Waals surface area contributed by atoms with Crippen LogP contribution in [0.3, 0.4) is 0 Å². The van der Waals surface area contributed by atoms with E-state index in [0.29, 0.717) is 18.2 Å². The van der Waals surface area contributed by atoms with Crippen molar-refractivity contribution in [3.8, 4) is 5.75 Å². The van der Waals surface area contributed by atoms with Crippen LogP contribution in [-0.4, -0.2) is 30.1 Å². The van der Waals surface area contributed by atoms with Crippen molar-refractivity contribution in [3.63, 3.8) is 0 Å². The molecular formula is C13H17BrN2O2. The van der Waals surface area contributed by atoms with E-state index in [1.165, 1.54) is 18.9 Å². The Morgan fingerprint density at radius 2 is 2.39 bits per heavy atom. The van der Waals surface area contributed by atoms with E-state index in [9.17, 15) is 9.90 Å². The second-order valence-electron chi connectivity index (χ2n) is 4.50. The van der Waals surface area contributed by atoms with E-state index in [1.54, 1.807) is 12.1 Å². The summed E-state index contributed by atoms with van der Waals surface area (Å²) in [5.41, 5.74) is 0.317. The average molecular weight is 313 g/mol. The number of rotatable bonds is 4. The van der Waals surface area contributed by atoms with E-state index in [0.717, 1.165) is 17.4 Å². The maximum Gasteiger partial charge on any atom is 0.255 e. The fourth-order valence-electron chi connectivity index (χ4n) is 2.16. The van der Waals surface area contributed by atoms with Crippen LogP contribution >= 0.6 is 15.9 Å². The highest BCUT2D eigenvalue weighted by Crippen LogP contribution is 2.22. The molecule has 1 aromatic rings. The highest BCUT2D eigenvalue weighted by Gasteiger charge is 2.15. The van der Waals surface area contributed by atoms with Crippen LogP contribution in [0.1, 0.15) is 29.6 Å². The standard InChI is InChI=1S/C13H17BrN2O2/c14-9-3-4-11(12(17)8-9)13(18)16-7-5-10-2-1-6-15-10/h3-4,8,10,15,17H,1-2,5-7H2,(H,16,18)/t10-/m1/s1. The molecular weight excluding hydrogens is 296 g/mol. The van der Waals surface area contributed by atoms with Crippen molar-refractivity contribution in [1.82, 2.24) is 10.6 Å². The number of hydrogen-bond acceptors (Lipinski definition) is 3. The lowest BCUT2D eigenvalue weighted by molar-refractivity contribution is 0.0949. The molecule has 2 rings (SSSR count). The summed E-state index contributed by atoms with van der Waals surface area (Å²) in [6.07, 6.45) is 3.33. The van der Waals surface area contributed by atoms with Crippen molar-refractivity contribution in [2.75, 3.05) is 13.1 Å². The maximum atomic E-state index is 11.8. The van der Waals surface area contributed by atoms with Crippen LogP contribution < -0.4 is 10.6 Å². The quantitative estimate of drug-likeness (QED) is 0.797. The summed E-state index contributed by atoms with van der Waals surface area (Å²) in [5, 5.41) is 15.9. The number of carbonyl (C=O) groups is 1. The molecule has 1 fully saturated rings. The molecule has 1 aromatic carbocycles. The van der Waals surface area contributed by atoms with Crippen LogP contribution in [-0.2, 0) is 0 Å². The van der Waals surface area contributed by atoms with Gasteiger partial charge in [-0.3, -0.25) is 4.79 Å². The van der Waals surface area contributed by atoms with Gasteiger partial charge in [0.2, 0.25) is 0 Å². The predicted molar refractivity (Wildman–Crippen MR) is 73.8 cm³/mol. The van der Waals surface area contributed by atoms with E-state index >= 15 is 0 Å². The van der Waals surface area contributed by atoms with Gasteiger partial charge in [0.25, 0.3) is 5.91 Å². The Morgan fingerprint density at radius 1 is 1.56 bits per heavy atom. The minimum Gasteiger partial charge on any atom is -0.507 e. The van der Waals surface area contributed by atoms with E-state index in [4.69, 9.17) is 0 Å². The van der Waals surface area contributed by atoms with Crippen molar-refractivity contribution >= 4 is 21.8 Å². The first-order valence-corrected chi connectivity index (χ1v) is 6.96. The first kappa shape index (κ1) is 13.4. The second kappa shape index (κ2) is 6.20. The Bertz CT molecular complexity index is 431. The molecule has 1 saturated heterocycles. The molecule has 98 valence electrons. The molecule has 5 heteroatoms. The number of phenols is 1. The SMILES string of the molecule is O=C(NCC[C@H]1CCCN1)c1ccc(Br)cc1O. The number of halogens is 1. The molecule has 3 N–H and O–H groups in total. The van der Waals surface area contributed by atoms with Gasteiger partial charge in [-0.05, 0) is 44.0 Å². The summed E-state index contributed by atoms with van der Waals surface area (Å²) in [6, 6.07) is 5.40. The van der Waals surface area contributed by atoms with Crippen LogP contribution in [0.4, 0.5) is 0 Å².